The molecule has 340 valence electrons. The quantitative estimate of drug-likeness (QED) is 0.0882. The van der Waals surface area contributed by atoms with Crippen molar-refractivity contribution in [1.29, 1.82) is 0 Å². The molecule has 0 aliphatic carbocycles. The first kappa shape index (κ1) is 60.8. The van der Waals surface area contributed by atoms with Crippen molar-refractivity contribution >= 4 is 65.7 Å². The Morgan fingerprint density at radius 2 is 0.400 bits per heavy atom. The van der Waals surface area contributed by atoms with Gasteiger partial charge in [0.15, 0.2) is 17.3 Å². The van der Waals surface area contributed by atoms with Crippen LogP contribution in [0.1, 0.15) is 47.2 Å². The molecule has 6 aromatic carbocycles. The van der Waals surface area contributed by atoms with Crippen molar-refractivity contribution < 1.29 is 95.5 Å². The number of aliphatic carboxylic acids is 2. The maximum atomic E-state index is 11.6. The van der Waals surface area contributed by atoms with Crippen molar-refractivity contribution in [3.05, 3.63) is 252 Å². The van der Waals surface area contributed by atoms with Gasteiger partial charge in [-0.25, -0.2) is 0 Å². The van der Waals surface area contributed by atoms with E-state index in [4.69, 9.17) is 19.8 Å². The predicted molar refractivity (Wildman–Crippen MR) is 249 cm³/mol. The van der Waals surface area contributed by atoms with E-state index >= 15 is 0 Å². The molecule has 0 saturated heterocycles. The average molecular weight is 1140 g/mol. The molecule has 0 unspecified atom stereocenters. The molecule has 0 radical (unpaired) electrons. The fourth-order valence-corrected chi connectivity index (χ4v) is 4.62. The van der Waals surface area contributed by atoms with E-state index in [0.717, 1.165) is 47.2 Å². The SMILES string of the molecule is CC(=O)[O-].CC(=O)[O-].O=C(C=Cc1ccccc1)C=Cc1ccccc1.O=C(C=Cc1ccccc1)C=Cc1ccccc1.O=C(C=Cc1ccccc1)C=Cc1ccccc1.[Pd+2].[Pd].[Pd]. The third kappa shape index (κ3) is 34.8. The molecule has 0 aliphatic rings. The molecule has 0 atom stereocenters. The summed E-state index contributed by atoms with van der Waals surface area (Å²) in [5.74, 6) is -2.20. The van der Waals surface area contributed by atoms with Crippen LogP contribution in [0.15, 0.2) is 218 Å². The number of carboxylic acids is 2. The Bertz CT molecular complexity index is 1970. The number of carbonyl (C=O) groups excluding carboxylic acids is 5. The molecule has 0 fully saturated rings. The molecular weight excluding hydrogens is 1090 g/mol. The first-order valence-corrected chi connectivity index (χ1v) is 19.4. The molecule has 0 aliphatic heterocycles. The number of carboxylic acid groups (broad SMARTS) is 2. The van der Waals surface area contributed by atoms with Crippen molar-refractivity contribution in [3.63, 3.8) is 0 Å². The maximum absolute atomic E-state index is 11.6. The summed E-state index contributed by atoms with van der Waals surface area (Å²) in [6.07, 6.45) is 20.4. The topological polar surface area (TPSA) is 131 Å². The number of carbonyl (C=O) groups is 5. The van der Waals surface area contributed by atoms with Gasteiger partial charge in [-0.1, -0.05) is 218 Å². The maximum Gasteiger partial charge on any atom is 2.00 e. The first-order valence-electron chi connectivity index (χ1n) is 19.4. The van der Waals surface area contributed by atoms with Crippen LogP contribution in [0.4, 0.5) is 0 Å². The molecule has 0 bridgehead atoms. The molecule has 6 rings (SSSR count). The van der Waals surface area contributed by atoms with Gasteiger partial charge in [-0.3, -0.25) is 14.4 Å². The van der Waals surface area contributed by atoms with Crippen molar-refractivity contribution in [2.24, 2.45) is 0 Å². The normalized spacial score (nSPS) is 10.0. The van der Waals surface area contributed by atoms with Crippen LogP contribution in [-0.4, -0.2) is 29.3 Å². The van der Waals surface area contributed by atoms with Crippen molar-refractivity contribution in [2.45, 2.75) is 13.8 Å². The Kier molecular flexibility index (Phi) is 36.8. The Labute approximate surface area is 423 Å². The summed E-state index contributed by atoms with van der Waals surface area (Å²) in [5.41, 5.74) is 6.16. The van der Waals surface area contributed by atoms with Crippen LogP contribution >= 0.6 is 0 Å². The van der Waals surface area contributed by atoms with E-state index in [-0.39, 0.29) is 78.6 Å². The molecule has 7 nitrogen and oxygen atoms in total. The van der Waals surface area contributed by atoms with Crippen LogP contribution in [0.2, 0.25) is 0 Å². The predicted octanol–water partition coefficient (Wildman–Crippen LogP) is 9.45. The van der Waals surface area contributed by atoms with Gasteiger partial charge in [0.2, 0.25) is 0 Å². The van der Waals surface area contributed by atoms with E-state index in [1.165, 1.54) is 0 Å². The van der Waals surface area contributed by atoms with E-state index < -0.39 is 11.9 Å². The first-order chi connectivity index (χ1) is 30.0. The fourth-order valence-electron chi connectivity index (χ4n) is 4.62. The standard InChI is InChI=1S/3C17H14O.2C2H4O2.3Pd/c3*18-17(13-11-15-7-3-1-4-8-15)14-12-16-9-5-2-6-10-16;2*1-2(3)4;;;/h3*1-14H;2*1H3,(H,3,4);;;/q;;;;;;;+2/p-2. The van der Waals surface area contributed by atoms with Gasteiger partial charge >= 0.3 is 20.4 Å². The minimum Gasteiger partial charge on any atom is -0.550 e. The fraction of sp³-hybridized carbons (Fsp3) is 0.0364. The second-order valence-electron chi connectivity index (χ2n) is 12.7. The Balaban J connectivity index is 0. The minimum atomic E-state index is -1.08. The summed E-state index contributed by atoms with van der Waals surface area (Å²) >= 11 is 0. The molecule has 65 heavy (non-hydrogen) atoms. The van der Waals surface area contributed by atoms with Gasteiger partial charge in [0.05, 0.1) is 0 Å². The second-order valence-corrected chi connectivity index (χ2v) is 12.7. The van der Waals surface area contributed by atoms with Crippen molar-refractivity contribution in [3.8, 4) is 0 Å². The molecular formula is C55H48O7Pd3. The molecule has 0 amide bonds. The third-order valence-electron chi connectivity index (χ3n) is 7.44. The van der Waals surface area contributed by atoms with Crippen LogP contribution in [0.5, 0.6) is 0 Å². The van der Waals surface area contributed by atoms with Gasteiger partial charge in [-0.05, 0) is 83.7 Å². The van der Waals surface area contributed by atoms with Crippen LogP contribution < -0.4 is 10.2 Å². The molecule has 10 heteroatoms. The van der Waals surface area contributed by atoms with E-state index in [2.05, 4.69) is 0 Å². The smallest absolute Gasteiger partial charge is 0.550 e. The summed E-state index contributed by atoms with van der Waals surface area (Å²) in [6, 6.07) is 58.7. The van der Waals surface area contributed by atoms with Crippen LogP contribution in [0, 0.1) is 0 Å². The molecule has 6 aromatic rings. The zero-order valence-electron chi connectivity index (χ0n) is 35.6. The minimum absolute atomic E-state index is 0. The van der Waals surface area contributed by atoms with Crippen molar-refractivity contribution in [1.82, 2.24) is 0 Å². The van der Waals surface area contributed by atoms with Gasteiger partial charge in [0.25, 0.3) is 0 Å². The molecule has 0 aromatic heterocycles. The molecule has 0 saturated carbocycles. The summed E-state index contributed by atoms with van der Waals surface area (Å²) in [4.78, 5) is 52.6. The number of allylic oxidation sites excluding steroid dienone is 6. The van der Waals surface area contributed by atoms with Crippen molar-refractivity contribution in [2.75, 3.05) is 0 Å². The summed E-state index contributed by atoms with van der Waals surface area (Å²) < 4.78 is 0. The number of hydrogen-bond donors (Lipinski definition) is 0. The Hall–Kier alpha value is -6.30. The molecule has 0 heterocycles. The average Bonchev–Trinajstić information content (AvgIpc) is 3.29. The van der Waals surface area contributed by atoms with Crippen LogP contribution in [0.25, 0.3) is 36.5 Å². The van der Waals surface area contributed by atoms with Crippen LogP contribution in [0.3, 0.4) is 0 Å². The van der Waals surface area contributed by atoms with Crippen LogP contribution in [-0.2, 0) is 85.2 Å². The summed E-state index contributed by atoms with van der Waals surface area (Å²) in [6.45, 7) is 1.94. The van der Waals surface area contributed by atoms with E-state index in [0.29, 0.717) is 0 Å². The number of benzene rings is 6. The second kappa shape index (κ2) is 39.3. The van der Waals surface area contributed by atoms with Gasteiger partial charge < -0.3 is 19.8 Å². The van der Waals surface area contributed by atoms with Gasteiger partial charge in [0, 0.05) is 52.8 Å². The van der Waals surface area contributed by atoms with Gasteiger partial charge in [-0.15, -0.1) is 0 Å². The Morgan fingerprint density at radius 1 is 0.292 bits per heavy atom. The van der Waals surface area contributed by atoms with E-state index in [1.807, 2.05) is 218 Å². The molecule has 0 N–H and O–H groups in total. The number of hydrogen-bond acceptors (Lipinski definition) is 7. The largest absolute Gasteiger partial charge is 2.00 e. The third-order valence-corrected chi connectivity index (χ3v) is 7.44. The number of rotatable bonds is 12. The van der Waals surface area contributed by atoms with E-state index in [9.17, 15) is 14.4 Å². The van der Waals surface area contributed by atoms with Gasteiger partial charge in [0.1, 0.15) is 0 Å². The monoisotopic (exact) mass is 1140 g/mol. The van der Waals surface area contributed by atoms with E-state index in [1.54, 1.807) is 36.5 Å². The van der Waals surface area contributed by atoms with Gasteiger partial charge in [-0.2, -0.15) is 0 Å². The summed E-state index contributed by atoms with van der Waals surface area (Å²) in [5, 5.41) is 17.8. The zero-order valence-corrected chi connectivity index (χ0v) is 40.2. The zero-order chi connectivity index (χ0) is 45.0. The Morgan fingerprint density at radius 3 is 0.508 bits per heavy atom. The number of ketones is 3. The summed E-state index contributed by atoms with van der Waals surface area (Å²) in [7, 11) is 0. The molecule has 0 spiro atoms.